The maximum Gasteiger partial charge on any atom is 0.308 e. The molecule has 0 saturated heterocycles. The molecule has 0 bridgehead atoms. The number of hydrogen-bond acceptors (Lipinski definition) is 3. The predicted molar refractivity (Wildman–Crippen MR) is 36.8 cm³/mol. The van der Waals surface area contributed by atoms with E-state index in [-0.39, 0.29) is 0 Å². The summed E-state index contributed by atoms with van der Waals surface area (Å²) in [6, 6.07) is 0. The van der Waals surface area contributed by atoms with E-state index in [2.05, 4.69) is 10.1 Å². The number of rotatable bonds is 3. The molecule has 5 heteroatoms. The molecule has 11 heavy (non-hydrogen) atoms. The van der Waals surface area contributed by atoms with Gasteiger partial charge in [0.15, 0.2) is 0 Å². The molecule has 0 aliphatic heterocycles. The highest BCUT2D eigenvalue weighted by molar-refractivity contribution is 5.69. The molecular weight excluding hydrogens is 146 g/mol. The third-order valence-corrected chi connectivity index (χ3v) is 1.35. The van der Waals surface area contributed by atoms with Crippen molar-refractivity contribution in [2.75, 3.05) is 0 Å². The minimum absolute atomic E-state index is 0.370. The van der Waals surface area contributed by atoms with E-state index in [1.165, 1.54) is 17.3 Å². The highest BCUT2D eigenvalue weighted by Crippen LogP contribution is 1.97. The molecule has 1 atom stereocenters. The van der Waals surface area contributed by atoms with Gasteiger partial charge in [-0.3, -0.25) is 9.48 Å². The summed E-state index contributed by atoms with van der Waals surface area (Å²) in [4.78, 5) is 14.1. The Bertz CT molecular complexity index is 232. The lowest BCUT2D eigenvalue weighted by Gasteiger charge is -2.03. The lowest BCUT2D eigenvalue weighted by molar-refractivity contribution is -0.141. The Hall–Kier alpha value is -1.39. The van der Waals surface area contributed by atoms with Gasteiger partial charge in [0, 0.05) is 0 Å². The number of carboxylic acid groups (broad SMARTS) is 1. The molecule has 0 radical (unpaired) electrons. The van der Waals surface area contributed by atoms with Crippen LogP contribution in [0.4, 0.5) is 0 Å². The first-order valence-electron chi connectivity index (χ1n) is 3.25. The molecule has 60 valence electrons. The first kappa shape index (κ1) is 7.71. The van der Waals surface area contributed by atoms with Gasteiger partial charge in [0.2, 0.25) is 0 Å². The van der Waals surface area contributed by atoms with Crippen molar-refractivity contribution in [2.45, 2.75) is 13.5 Å². The fourth-order valence-electron chi connectivity index (χ4n) is 0.686. The van der Waals surface area contributed by atoms with Crippen LogP contribution in [-0.2, 0) is 11.3 Å². The third-order valence-electron chi connectivity index (χ3n) is 1.35. The molecule has 0 aliphatic rings. The zero-order valence-electron chi connectivity index (χ0n) is 6.14. The van der Waals surface area contributed by atoms with E-state index in [1.54, 1.807) is 6.92 Å². The topological polar surface area (TPSA) is 68.0 Å². The minimum atomic E-state index is -0.819. The molecule has 1 aromatic heterocycles. The quantitative estimate of drug-likeness (QED) is 0.667. The number of carbonyl (C=O) groups is 1. The number of hydrogen-bond donors (Lipinski definition) is 1. The van der Waals surface area contributed by atoms with Crippen LogP contribution in [0.1, 0.15) is 6.92 Å². The van der Waals surface area contributed by atoms with Gasteiger partial charge in [0.25, 0.3) is 0 Å². The van der Waals surface area contributed by atoms with E-state index in [4.69, 9.17) is 5.11 Å². The predicted octanol–water partition coefficient (Wildman–Crippen LogP) is -0.00120. The summed E-state index contributed by atoms with van der Waals surface area (Å²) in [6.45, 7) is 2.00. The molecule has 0 aliphatic carbocycles. The molecule has 0 aromatic carbocycles. The number of aromatic nitrogens is 3. The summed E-state index contributed by atoms with van der Waals surface area (Å²) < 4.78 is 1.50. The van der Waals surface area contributed by atoms with Gasteiger partial charge in [-0.15, -0.1) is 0 Å². The number of carboxylic acids is 1. The monoisotopic (exact) mass is 155 g/mol. The molecule has 0 fully saturated rings. The summed E-state index contributed by atoms with van der Waals surface area (Å²) in [5, 5.41) is 12.3. The maximum atomic E-state index is 10.4. The normalized spacial score (nSPS) is 12.8. The Labute approximate surface area is 63.7 Å². The highest BCUT2D eigenvalue weighted by Gasteiger charge is 2.10. The molecule has 1 N–H and O–H groups in total. The second-order valence-electron chi connectivity index (χ2n) is 2.36. The molecule has 5 nitrogen and oxygen atoms in total. The average molecular weight is 155 g/mol. The van der Waals surface area contributed by atoms with Crippen molar-refractivity contribution < 1.29 is 9.90 Å². The largest absolute Gasteiger partial charge is 0.481 e. The summed E-state index contributed by atoms with van der Waals surface area (Å²) >= 11 is 0. The molecule has 1 heterocycles. The number of nitrogens with zero attached hydrogens (tertiary/aromatic N) is 3. The van der Waals surface area contributed by atoms with Crippen molar-refractivity contribution in [1.29, 1.82) is 0 Å². The van der Waals surface area contributed by atoms with Crippen LogP contribution in [0, 0.1) is 5.92 Å². The van der Waals surface area contributed by atoms with Gasteiger partial charge in [-0.1, -0.05) is 6.92 Å². The fraction of sp³-hybridized carbons (Fsp3) is 0.500. The summed E-state index contributed by atoms with van der Waals surface area (Å²) in [7, 11) is 0. The Kier molecular flexibility index (Phi) is 2.20. The number of aliphatic carboxylic acids is 1. The van der Waals surface area contributed by atoms with Gasteiger partial charge in [-0.25, -0.2) is 4.98 Å². The first-order valence-corrected chi connectivity index (χ1v) is 3.25. The van der Waals surface area contributed by atoms with Crippen LogP contribution in [0.25, 0.3) is 0 Å². The second kappa shape index (κ2) is 3.14. The zero-order valence-corrected chi connectivity index (χ0v) is 6.14. The van der Waals surface area contributed by atoms with Crippen LogP contribution < -0.4 is 0 Å². The van der Waals surface area contributed by atoms with Crippen molar-refractivity contribution in [2.24, 2.45) is 5.92 Å². The van der Waals surface area contributed by atoms with E-state index in [0.29, 0.717) is 6.54 Å². The SMILES string of the molecule is C[C@H](Cn1cncn1)C(=O)O. The highest BCUT2D eigenvalue weighted by atomic mass is 16.4. The van der Waals surface area contributed by atoms with Crippen LogP contribution in [-0.4, -0.2) is 25.8 Å². The second-order valence-corrected chi connectivity index (χ2v) is 2.36. The summed E-state index contributed by atoms with van der Waals surface area (Å²) in [5.41, 5.74) is 0. The van der Waals surface area contributed by atoms with Gasteiger partial charge >= 0.3 is 5.97 Å². The van der Waals surface area contributed by atoms with Crippen molar-refractivity contribution >= 4 is 5.97 Å². The molecule has 0 spiro atoms. The van der Waals surface area contributed by atoms with Gasteiger partial charge in [0.05, 0.1) is 12.5 Å². The smallest absolute Gasteiger partial charge is 0.308 e. The Balaban J connectivity index is 2.50. The first-order chi connectivity index (χ1) is 5.20. The standard InChI is InChI=1S/C6H9N3O2/c1-5(6(10)11)2-9-4-7-3-8-9/h3-5H,2H2,1H3,(H,10,11)/t5-/m1/s1. The van der Waals surface area contributed by atoms with Gasteiger partial charge in [-0.2, -0.15) is 5.10 Å². The minimum Gasteiger partial charge on any atom is -0.481 e. The van der Waals surface area contributed by atoms with Crippen molar-refractivity contribution in [1.82, 2.24) is 14.8 Å². The van der Waals surface area contributed by atoms with E-state index in [1.807, 2.05) is 0 Å². The van der Waals surface area contributed by atoms with Crippen LogP contribution >= 0.6 is 0 Å². The molecular formula is C6H9N3O2. The van der Waals surface area contributed by atoms with Crippen molar-refractivity contribution in [3.05, 3.63) is 12.7 Å². The van der Waals surface area contributed by atoms with E-state index in [0.717, 1.165) is 0 Å². The van der Waals surface area contributed by atoms with E-state index in [9.17, 15) is 4.79 Å². The molecule has 0 amide bonds. The molecule has 1 rings (SSSR count). The van der Waals surface area contributed by atoms with E-state index >= 15 is 0 Å². The molecule has 0 saturated carbocycles. The van der Waals surface area contributed by atoms with Crippen LogP contribution in [0.2, 0.25) is 0 Å². The molecule has 1 aromatic rings. The van der Waals surface area contributed by atoms with Gasteiger partial charge < -0.3 is 5.11 Å². The molecule has 0 unspecified atom stereocenters. The third kappa shape index (κ3) is 2.03. The van der Waals surface area contributed by atoms with Gasteiger partial charge in [0.1, 0.15) is 12.7 Å². The van der Waals surface area contributed by atoms with Crippen LogP contribution in [0.15, 0.2) is 12.7 Å². The van der Waals surface area contributed by atoms with Crippen LogP contribution in [0.5, 0.6) is 0 Å². The summed E-state index contributed by atoms with van der Waals surface area (Å²) in [5.74, 6) is -1.24. The Morgan fingerprint density at radius 2 is 2.55 bits per heavy atom. The van der Waals surface area contributed by atoms with Crippen LogP contribution in [0.3, 0.4) is 0 Å². The fourth-order valence-corrected chi connectivity index (χ4v) is 0.686. The van der Waals surface area contributed by atoms with Crippen molar-refractivity contribution in [3.8, 4) is 0 Å². The lowest BCUT2D eigenvalue weighted by Crippen LogP contribution is -2.16. The van der Waals surface area contributed by atoms with Gasteiger partial charge in [-0.05, 0) is 0 Å². The Morgan fingerprint density at radius 3 is 3.00 bits per heavy atom. The van der Waals surface area contributed by atoms with E-state index < -0.39 is 11.9 Å². The average Bonchev–Trinajstić information content (AvgIpc) is 2.39. The maximum absolute atomic E-state index is 10.4. The summed E-state index contributed by atoms with van der Waals surface area (Å²) in [6.07, 6.45) is 2.88. The Morgan fingerprint density at radius 1 is 1.82 bits per heavy atom. The lowest BCUT2D eigenvalue weighted by atomic mass is 10.2. The zero-order chi connectivity index (χ0) is 8.27. The van der Waals surface area contributed by atoms with Crippen molar-refractivity contribution in [3.63, 3.8) is 0 Å².